The lowest BCUT2D eigenvalue weighted by Crippen LogP contribution is -2.45. The van der Waals surface area contributed by atoms with Crippen molar-refractivity contribution in [2.24, 2.45) is 5.73 Å². The summed E-state index contributed by atoms with van der Waals surface area (Å²) >= 11 is 0. The minimum Gasteiger partial charge on any atom is -0.364 e. The van der Waals surface area contributed by atoms with Gasteiger partial charge in [-0.1, -0.05) is 30.8 Å². The van der Waals surface area contributed by atoms with Gasteiger partial charge in [-0.05, 0) is 43.2 Å². The molecule has 2 heterocycles. The van der Waals surface area contributed by atoms with Crippen molar-refractivity contribution in [3.8, 4) is 5.69 Å². The smallest absolute Gasteiger partial charge is 0.269 e. The molecular weight excluding hydrogens is 450 g/mol. The number of benzene rings is 1. The molecule has 11 nitrogen and oxygen atoms in total. The first kappa shape index (κ1) is 24.1. The summed E-state index contributed by atoms with van der Waals surface area (Å²) in [6.45, 7) is 1.50. The second-order valence-corrected chi connectivity index (χ2v) is 8.79. The number of nitrogens with two attached hydrogens (primary N) is 1. The van der Waals surface area contributed by atoms with Crippen molar-refractivity contribution in [1.82, 2.24) is 25.2 Å². The van der Waals surface area contributed by atoms with Gasteiger partial charge in [-0.3, -0.25) is 14.4 Å². The van der Waals surface area contributed by atoms with E-state index in [4.69, 9.17) is 10.3 Å². The van der Waals surface area contributed by atoms with E-state index in [1.165, 1.54) is 17.7 Å². The maximum Gasteiger partial charge on any atom is 0.269 e. The Labute approximate surface area is 202 Å². The van der Waals surface area contributed by atoms with Gasteiger partial charge in [-0.2, -0.15) is 10.1 Å². The summed E-state index contributed by atoms with van der Waals surface area (Å²) in [7, 11) is 0. The number of rotatable bonds is 8. The molecule has 2 aromatic heterocycles. The van der Waals surface area contributed by atoms with E-state index >= 15 is 0 Å². The van der Waals surface area contributed by atoms with Crippen LogP contribution in [0.1, 0.15) is 74.1 Å². The van der Waals surface area contributed by atoms with E-state index in [2.05, 4.69) is 25.9 Å². The average molecular weight is 480 g/mol. The van der Waals surface area contributed by atoms with E-state index < -0.39 is 11.4 Å². The predicted octanol–water partition coefficient (Wildman–Crippen LogP) is 2.61. The Bertz CT molecular complexity index is 1190. The molecule has 1 aromatic carbocycles. The van der Waals surface area contributed by atoms with Gasteiger partial charge >= 0.3 is 0 Å². The van der Waals surface area contributed by atoms with E-state index in [1.807, 2.05) is 0 Å². The van der Waals surface area contributed by atoms with Crippen LogP contribution < -0.4 is 16.4 Å². The van der Waals surface area contributed by atoms with Crippen LogP contribution in [0.15, 0.2) is 41.1 Å². The summed E-state index contributed by atoms with van der Waals surface area (Å²) in [5, 5.41) is 14.1. The lowest BCUT2D eigenvalue weighted by atomic mass is 9.89. The number of anilines is 1. The first-order chi connectivity index (χ1) is 16.8. The second kappa shape index (κ2) is 10.5. The minimum absolute atomic E-state index is 0.121. The van der Waals surface area contributed by atoms with Crippen LogP contribution in [-0.4, -0.2) is 37.6 Å². The summed E-state index contributed by atoms with van der Waals surface area (Å²) in [4.78, 5) is 40.0. The molecule has 1 fully saturated rings. The fourth-order valence-corrected chi connectivity index (χ4v) is 4.36. The number of hydrogen-bond donors (Lipinski definition) is 3. The molecule has 1 aliphatic carbocycles. The number of carbonyl (C=O) groups excluding carboxylic acids is 3. The zero-order chi connectivity index (χ0) is 24.8. The highest BCUT2D eigenvalue weighted by atomic mass is 16.5. The maximum absolute atomic E-state index is 12.5. The maximum atomic E-state index is 12.5. The molecule has 11 heteroatoms. The number of carbonyl (C=O) groups is 3. The minimum atomic E-state index is -0.610. The molecule has 1 aliphatic rings. The van der Waals surface area contributed by atoms with Gasteiger partial charge in [0.15, 0.2) is 5.82 Å². The average Bonchev–Trinajstić information content (AvgIpc) is 3.45. The highest BCUT2D eigenvalue weighted by Crippen LogP contribution is 2.34. The molecule has 0 radical (unpaired) electrons. The summed E-state index contributed by atoms with van der Waals surface area (Å²) in [6, 6.07) is 8.56. The van der Waals surface area contributed by atoms with Gasteiger partial charge in [-0.15, -0.1) is 0 Å². The lowest BCUT2D eigenvalue weighted by molar-refractivity contribution is -0.121. The first-order valence-corrected chi connectivity index (χ1v) is 11.7. The summed E-state index contributed by atoms with van der Waals surface area (Å²) in [5.74, 6) is -0.0641. The van der Waals surface area contributed by atoms with E-state index in [0.717, 1.165) is 44.2 Å². The summed E-state index contributed by atoms with van der Waals surface area (Å²) in [5.41, 5.74) is 6.14. The standard InChI is InChI=1S/C24H29N7O4/c1-16(32)28-24(13-4-2-3-5-14-24)23-27-21(35-30-23)11-10-20(33)26-17-6-8-18(9-7-17)31-15-12-19(29-31)22(25)34/h6-9,12,15H,2-5,10-11,13-14H2,1H3,(H2,25,34)(H,26,33)(H,28,32). The Balaban J connectivity index is 1.34. The molecule has 0 atom stereocenters. The zero-order valence-electron chi connectivity index (χ0n) is 19.6. The molecule has 0 bridgehead atoms. The van der Waals surface area contributed by atoms with Crippen molar-refractivity contribution in [3.05, 3.63) is 53.9 Å². The van der Waals surface area contributed by atoms with Crippen LogP contribution >= 0.6 is 0 Å². The Morgan fingerprint density at radius 1 is 1.09 bits per heavy atom. The van der Waals surface area contributed by atoms with Crippen LogP contribution in [0.4, 0.5) is 5.69 Å². The number of nitrogens with one attached hydrogen (secondary N) is 2. The predicted molar refractivity (Wildman–Crippen MR) is 127 cm³/mol. The normalized spacial score (nSPS) is 15.2. The highest BCUT2D eigenvalue weighted by molar-refractivity contribution is 5.91. The molecule has 35 heavy (non-hydrogen) atoms. The zero-order valence-corrected chi connectivity index (χ0v) is 19.6. The SMILES string of the molecule is CC(=O)NC1(c2noc(CCC(=O)Nc3ccc(-n4ccc(C(N)=O)n4)cc3)n2)CCCCCC1. The van der Waals surface area contributed by atoms with Crippen molar-refractivity contribution in [2.45, 2.75) is 63.8 Å². The first-order valence-electron chi connectivity index (χ1n) is 11.7. The third-order valence-corrected chi connectivity index (χ3v) is 6.09. The number of nitrogens with zero attached hydrogens (tertiary/aromatic N) is 4. The lowest BCUT2D eigenvalue weighted by Gasteiger charge is -2.30. The third-order valence-electron chi connectivity index (χ3n) is 6.09. The van der Waals surface area contributed by atoms with E-state index in [1.54, 1.807) is 30.5 Å². The topological polar surface area (TPSA) is 158 Å². The van der Waals surface area contributed by atoms with Crippen LogP contribution in [-0.2, 0) is 21.5 Å². The number of aromatic nitrogens is 4. The van der Waals surface area contributed by atoms with Gasteiger partial charge in [0.05, 0.1) is 5.69 Å². The molecule has 0 unspecified atom stereocenters. The molecule has 1 saturated carbocycles. The molecule has 4 N–H and O–H groups in total. The Kier molecular flexibility index (Phi) is 7.23. The Morgan fingerprint density at radius 2 is 1.80 bits per heavy atom. The van der Waals surface area contributed by atoms with Gasteiger partial charge < -0.3 is 20.9 Å². The number of primary amides is 1. The van der Waals surface area contributed by atoms with E-state index in [-0.39, 0.29) is 30.3 Å². The van der Waals surface area contributed by atoms with Gasteiger partial charge in [0.1, 0.15) is 11.2 Å². The van der Waals surface area contributed by atoms with Gasteiger partial charge in [0, 0.05) is 31.6 Å². The molecule has 4 rings (SSSR count). The molecule has 3 aromatic rings. The number of hydrogen-bond acceptors (Lipinski definition) is 7. The molecule has 0 aliphatic heterocycles. The third kappa shape index (κ3) is 5.92. The largest absolute Gasteiger partial charge is 0.364 e. The van der Waals surface area contributed by atoms with E-state index in [0.29, 0.717) is 17.4 Å². The molecule has 3 amide bonds. The van der Waals surface area contributed by atoms with E-state index in [9.17, 15) is 14.4 Å². The second-order valence-electron chi connectivity index (χ2n) is 8.79. The van der Waals surface area contributed by atoms with Crippen LogP contribution in [0, 0.1) is 0 Å². The van der Waals surface area contributed by atoms with Crippen molar-refractivity contribution < 1.29 is 18.9 Å². The van der Waals surface area contributed by atoms with Gasteiger partial charge in [0.2, 0.25) is 17.7 Å². The quantitative estimate of drug-likeness (QED) is 0.419. The molecule has 0 spiro atoms. The Hall–Kier alpha value is -4.02. The monoisotopic (exact) mass is 479 g/mol. The van der Waals surface area contributed by atoms with Gasteiger partial charge in [-0.25, -0.2) is 4.68 Å². The fourth-order valence-electron chi connectivity index (χ4n) is 4.36. The van der Waals surface area contributed by atoms with Crippen LogP contribution in [0.3, 0.4) is 0 Å². The highest BCUT2D eigenvalue weighted by Gasteiger charge is 2.38. The van der Waals surface area contributed by atoms with Crippen LogP contribution in [0.2, 0.25) is 0 Å². The molecular formula is C24H29N7O4. The summed E-state index contributed by atoms with van der Waals surface area (Å²) < 4.78 is 6.94. The number of amides is 3. The van der Waals surface area contributed by atoms with Crippen molar-refractivity contribution in [3.63, 3.8) is 0 Å². The van der Waals surface area contributed by atoms with Crippen molar-refractivity contribution in [1.29, 1.82) is 0 Å². The van der Waals surface area contributed by atoms with Gasteiger partial charge in [0.25, 0.3) is 5.91 Å². The molecule has 0 saturated heterocycles. The number of aryl methyl sites for hydroxylation is 1. The summed E-state index contributed by atoms with van der Waals surface area (Å²) in [6.07, 6.45) is 7.82. The fraction of sp³-hybridized carbons (Fsp3) is 0.417. The van der Waals surface area contributed by atoms with Crippen LogP contribution in [0.5, 0.6) is 0 Å². The van der Waals surface area contributed by atoms with Crippen molar-refractivity contribution in [2.75, 3.05) is 5.32 Å². The van der Waals surface area contributed by atoms with Crippen molar-refractivity contribution >= 4 is 23.4 Å². The van der Waals surface area contributed by atoms with Crippen LogP contribution in [0.25, 0.3) is 5.69 Å². The Morgan fingerprint density at radius 3 is 2.43 bits per heavy atom. The molecule has 184 valence electrons.